The Labute approximate surface area is 168 Å². The van der Waals surface area contributed by atoms with E-state index in [2.05, 4.69) is 10.6 Å². The molecule has 0 radical (unpaired) electrons. The second-order valence-corrected chi connectivity index (χ2v) is 6.77. The van der Waals surface area contributed by atoms with Crippen molar-refractivity contribution in [1.82, 2.24) is 5.32 Å². The van der Waals surface area contributed by atoms with Gasteiger partial charge in [0.15, 0.2) is 0 Å². The highest BCUT2D eigenvalue weighted by Crippen LogP contribution is 2.25. The summed E-state index contributed by atoms with van der Waals surface area (Å²) in [5, 5.41) is 5.66. The van der Waals surface area contributed by atoms with Crippen LogP contribution in [0.5, 0.6) is 0 Å². The standard InChI is InChI=1S/C20H22ClN3O4/c1-12(2)28-19(26)13-7-9-14(10-8-13)23-18(25)11-17(24-20(22)27)15-5-3-4-6-16(15)21/h3-10,12,17H,11H2,1-2H3,(H,23,25)(H3,22,24,27). The van der Waals surface area contributed by atoms with Crippen LogP contribution in [0, 0.1) is 0 Å². The Kier molecular flexibility index (Phi) is 7.40. The quantitative estimate of drug-likeness (QED) is 0.613. The molecular formula is C20H22ClN3O4. The molecule has 148 valence electrons. The number of ether oxygens (including phenoxy) is 1. The topological polar surface area (TPSA) is 111 Å². The van der Waals surface area contributed by atoms with E-state index in [-0.39, 0.29) is 18.4 Å². The fourth-order valence-electron chi connectivity index (χ4n) is 2.54. The van der Waals surface area contributed by atoms with Crippen LogP contribution in [-0.2, 0) is 9.53 Å². The minimum atomic E-state index is -0.759. The molecule has 0 spiro atoms. The van der Waals surface area contributed by atoms with E-state index in [9.17, 15) is 14.4 Å². The molecule has 1 unspecified atom stereocenters. The molecule has 0 saturated carbocycles. The summed E-state index contributed by atoms with van der Waals surface area (Å²) in [6, 6.07) is 11.8. The number of carbonyl (C=O) groups is 3. The van der Waals surface area contributed by atoms with Crippen molar-refractivity contribution in [2.24, 2.45) is 5.73 Å². The van der Waals surface area contributed by atoms with Gasteiger partial charge in [0.05, 0.1) is 24.1 Å². The molecule has 0 saturated heterocycles. The lowest BCUT2D eigenvalue weighted by molar-refractivity contribution is -0.116. The third-order valence-electron chi connectivity index (χ3n) is 3.73. The van der Waals surface area contributed by atoms with Crippen LogP contribution in [0.25, 0.3) is 0 Å². The number of nitrogens with two attached hydrogens (primary N) is 1. The molecule has 2 aromatic carbocycles. The summed E-state index contributed by atoms with van der Waals surface area (Å²) in [5.41, 5.74) is 6.70. The molecule has 2 rings (SSSR count). The number of amides is 3. The van der Waals surface area contributed by atoms with Gasteiger partial charge in [-0.1, -0.05) is 29.8 Å². The maximum atomic E-state index is 12.4. The molecule has 28 heavy (non-hydrogen) atoms. The van der Waals surface area contributed by atoms with Gasteiger partial charge in [0.25, 0.3) is 0 Å². The number of rotatable bonds is 7. The first-order valence-electron chi connectivity index (χ1n) is 8.67. The van der Waals surface area contributed by atoms with E-state index in [0.717, 1.165) is 0 Å². The SMILES string of the molecule is CC(C)OC(=O)c1ccc(NC(=O)CC(NC(N)=O)c2ccccc2Cl)cc1. The molecule has 0 aliphatic carbocycles. The molecule has 0 aliphatic heterocycles. The summed E-state index contributed by atoms with van der Waals surface area (Å²) >= 11 is 6.16. The normalized spacial score (nSPS) is 11.6. The zero-order valence-corrected chi connectivity index (χ0v) is 16.3. The number of urea groups is 1. The lowest BCUT2D eigenvalue weighted by atomic mass is 10.0. The van der Waals surface area contributed by atoms with Crippen molar-refractivity contribution in [2.75, 3.05) is 5.32 Å². The van der Waals surface area contributed by atoms with Crippen molar-refractivity contribution in [3.8, 4) is 0 Å². The highest BCUT2D eigenvalue weighted by Gasteiger charge is 2.20. The van der Waals surface area contributed by atoms with Crippen molar-refractivity contribution in [2.45, 2.75) is 32.4 Å². The van der Waals surface area contributed by atoms with E-state index >= 15 is 0 Å². The lowest BCUT2D eigenvalue weighted by Gasteiger charge is -2.19. The predicted molar refractivity (Wildman–Crippen MR) is 107 cm³/mol. The molecular weight excluding hydrogens is 382 g/mol. The zero-order valence-electron chi connectivity index (χ0n) is 15.6. The number of halogens is 1. The van der Waals surface area contributed by atoms with Gasteiger partial charge in [-0.25, -0.2) is 9.59 Å². The number of hydrogen-bond acceptors (Lipinski definition) is 4. The molecule has 4 N–H and O–H groups in total. The highest BCUT2D eigenvalue weighted by molar-refractivity contribution is 6.31. The number of anilines is 1. The first kappa shape index (κ1) is 21.2. The summed E-state index contributed by atoms with van der Waals surface area (Å²) in [6.07, 6.45) is -0.282. The van der Waals surface area contributed by atoms with Gasteiger partial charge in [-0.3, -0.25) is 4.79 Å². The fraction of sp³-hybridized carbons (Fsp3) is 0.250. The van der Waals surface area contributed by atoms with Gasteiger partial charge in [0.1, 0.15) is 0 Å². The summed E-state index contributed by atoms with van der Waals surface area (Å²) in [5.74, 6) is -0.784. The Morgan fingerprint density at radius 1 is 1.07 bits per heavy atom. The smallest absolute Gasteiger partial charge is 0.338 e. The fourth-order valence-corrected chi connectivity index (χ4v) is 2.80. The molecule has 1 atom stereocenters. The number of hydrogen-bond donors (Lipinski definition) is 3. The zero-order chi connectivity index (χ0) is 20.7. The summed E-state index contributed by atoms with van der Waals surface area (Å²) in [7, 11) is 0. The highest BCUT2D eigenvalue weighted by atomic mass is 35.5. The first-order valence-corrected chi connectivity index (χ1v) is 9.05. The molecule has 3 amide bonds. The molecule has 7 nitrogen and oxygen atoms in total. The molecule has 0 aromatic heterocycles. The van der Waals surface area contributed by atoms with Crippen molar-refractivity contribution < 1.29 is 19.1 Å². The molecule has 8 heteroatoms. The van der Waals surface area contributed by atoms with E-state index in [0.29, 0.717) is 21.8 Å². The Morgan fingerprint density at radius 3 is 2.29 bits per heavy atom. The van der Waals surface area contributed by atoms with E-state index in [4.69, 9.17) is 22.1 Å². The van der Waals surface area contributed by atoms with Crippen LogP contribution < -0.4 is 16.4 Å². The average Bonchev–Trinajstić information content (AvgIpc) is 2.61. The minimum absolute atomic E-state index is 0.0657. The molecule has 0 fully saturated rings. The number of esters is 1. The minimum Gasteiger partial charge on any atom is -0.459 e. The van der Waals surface area contributed by atoms with Crippen LogP contribution in [-0.4, -0.2) is 24.0 Å². The number of primary amides is 1. The third-order valence-corrected chi connectivity index (χ3v) is 4.08. The van der Waals surface area contributed by atoms with Gasteiger partial charge in [-0.05, 0) is 49.7 Å². The maximum absolute atomic E-state index is 12.4. The van der Waals surface area contributed by atoms with Crippen LogP contribution in [0.3, 0.4) is 0 Å². The summed E-state index contributed by atoms with van der Waals surface area (Å²) in [6.45, 7) is 3.53. The van der Waals surface area contributed by atoms with Crippen molar-refractivity contribution in [1.29, 1.82) is 0 Å². The van der Waals surface area contributed by atoms with E-state index < -0.39 is 18.0 Å². The Hall–Kier alpha value is -3.06. The second-order valence-electron chi connectivity index (χ2n) is 6.37. The number of benzene rings is 2. The summed E-state index contributed by atoms with van der Waals surface area (Å²) in [4.78, 5) is 35.6. The van der Waals surface area contributed by atoms with Gasteiger partial charge >= 0.3 is 12.0 Å². The summed E-state index contributed by atoms with van der Waals surface area (Å²) < 4.78 is 5.12. The van der Waals surface area contributed by atoms with Crippen LogP contribution in [0.4, 0.5) is 10.5 Å². The Balaban J connectivity index is 2.05. The van der Waals surface area contributed by atoms with Crippen LogP contribution in [0.2, 0.25) is 5.02 Å². The molecule has 0 heterocycles. The van der Waals surface area contributed by atoms with Crippen LogP contribution in [0.15, 0.2) is 48.5 Å². The second kappa shape index (κ2) is 9.75. The predicted octanol–water partition coefficient (Wildman–Crippen LogP) is 3.64. The average molecular weight is 404 g/mol. The Morgan fingerprint density at radius 2 is 1.71 bits per heavy atom. The van der Waals surface area contributed by atoms with Crippen LogP contribution in [0.1, 0.15) is 42.2 Å². The van der Waals surface area contributed by atoms with Crippen molar-refractivity contribution >= 4 is 35.2 Å². The van der Waals surface area contributed by atoms with Crippen molar-refractivity contribution in [3.05, 3.63) is 64.7 Å². The van der Waals surface area contributed by atoms with E-state index in [1.165, 1.54) is 0 Å². The van der Waals surface area contributed by atoms with Gasteiger partial charge < -0.3 is 21.1 Å². The van der Waals surface area contributed by atoms with Gasteiger partial charge in [-0.2, -0.15) is 0 Å². The maximum Gasteiger partial charge on any atom is 0.338 e. The van der Waals surface area contributed by atoms with Gasteiger partial charge in [-0.15, -0.1) is 0 Å². The van der Waals surface area contributed by atoms with E-state index in [1.807, 2.05) is 0 Å². The van der Waals surface area contributed by atoms with E-state index in [1.54, 1.807) is 62.4 Å². The number of carbonyl (C=O) groups excluding carboxylic acids is 3. The third kappa shape index (κ3) is 6.28. The largest absolute Gasteiger partial charge is 0.459 e. The molecule has 0 bridgehead atoms. The Bertz CT molecular complexity index is 853. The lowest BCUT2D eigenvalue weighted by Crippen LogP contribution is -2.35. The van der Waals surface area contributed by atoms with Gasteiger partial charge in [0, 0.05) is 10.7 Å². The molecule has 2 aromatic rings. The van der Waals surface area contributed by atoms with Gasteiger partial charge in [0.2, 0.25) is 5.91 Å². The first-order chi connectivity index (χ1) is 13.3. The number of nitrogens with one attached hydrogen (secondary N) is 2. The monoisotopic (exact) mass is 403 g/mol. The molecule has 0 aliphatic rings. The van der Waals surface area contributed by atoms with Crippen molar-refractivity contribution in [3.63, 3.8) is 0 Å². The van der Waals surface area contributed by atoms with Crippen LogP contribution >= 0.6 is 11.6 Å².